The Morgan fingerprint density at radius 1 is 1.92 bits per heavy atom. The monoisotopic (exact) mass is 203 g/mol. The summed E-state index contributed by atoms with van der Waals surface area (Å²) in [5.41, 5.74) is 4.78. The first-order valence-electron chi connectivity index (χ1n) is 4.04. The number of thioether (sulfide) groups is 1. The summed E-state index contributed by atoms with van der Waals surface area (Å²) in [5, 5.41) is 4.10. The second kappa shape index (κ2) is 4.96. The number of carbonyl (C=O) groups excluding carboxylic acids is 1. The molecule has 0 aromatic rings. The number of rotatable bonds is 3. The number of amidine groups is 1. The molecule has 0 aliphatic carbocycles. The van der Waals surface area contributed by atoms with E-state index in [-0.39, 0.29) is 6.61 Å². The zero-order valence-corrected chi connectivity index (χ0v) is 8.26. The van der Waals surface area contributed by atoms with Crippen LogP contribution in [0.2, 0.25) is 0 Å². The smallest absolute Gasteiger partial charge is 0.404 e. The van der Waals surface area contributed by atoms with Gasteiger partial charge in [-0.25, -0.2) is 4.79 Å². The second-order valence-corrected chi connectivity index (χ2v) is 3.72. The number of nitrogens with two attached hydrogens (primary N) is 1. The minimum atomic E-state index is -0.749. The summed E-state index contributed by atoms with van der Waals surface area (Å²) in [6.45, 7) is 2.80. The van der Waals surface area contributed by atoms with E-state index in [1.54, 1.807) is 11.8 Å². The topological polar surface area (TPSA) is 76.7 Å². The first-order chi connectivity index (χ1) is 6.18. The molecule has 13 heavy (non-hydrogen) atoms. The number of hydrogen-bond acceptors (Lipinski definition) is 4. The van der Waals surface area contributed by atoms with Crippen molar-refractivity contribution < 1.29 is 9.53 Å². The third kappa shape index (κ3) is 4.02. The van der Waals surface area contributed by atoms with Gasteiger partial charge in [0.1, 0.15) is 6.61 Å². The van der Waals surface area contributed by atoms with Crippen LogP contribution in [0.15, 0.2) is 4.99 Å². The predicted octanol–water partition coefficient (Wildman–Crippen LogP) is 0.163. The number of hydrogen-bond donors (Lipinski definition) is 2. The van der Waals surface area contributed by atoms with Crippen LogP contribution < -0.4 is 11.1 Å². The largest absolute Gasteiger partial charge is 0.448 e. The number of aliphatic imine (C=N–C) groups is 1. The molecule has 1 heterocycles. The molecule has 5 nitrogen and oxygen atoms in total. The zero-order chi connectivity index (χ0) is 9.68. The standard InChI is InChI=1S/C7H13N3O2S/c1-5-4-13-7(10-5)9-2-3-12-6(8)11/h5H,2-4H2,1H3,(H2,8,11)(H,9,10). The molecule has 0 radical (unpaired) electrons. The number of ether oxygens (including phenoxy) is 1. The quantitative estimate of drug-likeness (QED) is 0.641. The van der Waals surface area contributed by atoms with Crippen molar-refractivity contribution in [3.05, 3.63) is 0 Å². The number of amides is 1. The Labute approximate surface area is 81.1 Å². The molecule has 0 aromatic heterocycles. The molecule has 6 heteroatoms. The van der Waals surface area contributed by atoms with Crippen LogP contribution in [0.4, 0.5) is 4.79 Å². The summed E-state index contributed by atoms with van der Waals surface area (Å²) in [6, 6.07) is 0.473. The van der Waals surface area contributed by atoms with Crippen LogP contribution in [0.1, 0.15) is 6.92 Å². The van der Waals surface area contributed by atoms with Gasteiger partial charge < -0.3 is 15.8 Å². The summed E-state index contributed by atoms with van der Waals surface area (Å²) in [4.78, 5) is 14.4. The normalized spacial score (nSPS) is 24.4. The summed E-state index contributed by atoms with van der Waals surface area (Å²) in [5.74, 6) is 1.04. The summed E-state index contributed by atoms with van der Waals surface area (Å²) < 4.78 is 4.52. The van der Waals surface area contributed by atoms with Crippen LogP contribution in [0.25, 0.3) is 0 Å². The Balaban J connectivity index is 2.13. The lowest BCUT2D eigenvalue weighted by atomic mass is 10.4. The molecule has 1 saturated heterocycles. The van der Waals surface area contributed by atoms with Crippen LogP contribution in [0.3, 0.4) is 0 Å². The van der Waals surface area contributed by atoms with Crippen molar-refractivity contribution in [1.82, 2.24) is 5.32 Å². The van der Waals surface area contributed by atoms with Gasteiger partial charge in [-0.1, -0.05) is 11.8 Å². The Morgan fingerprint density at radius 2 is 2.69 bits per heavy atom. The van der Waals surface area contributed by atoms with Crippen molar-refractivity contribution in [3.8, 4) is 0 Å². The first kappa shape index (κ1) is 10.2. The van der Waals surface area contributed by atoms with Gasteiger partial charge in [0.05, 0.1) is 6.54 Å². The van der Waals surface area contributed by atoms with Crippen molar-refractivity contribution in [3.63, 3.8) is 0 Å². The van der Waals surface area contributed by atoms with Gasteiger partial charge in [0, 0.05) is 11.8 Å². The molecule has 1 unspecified atom stereocenters. The Kier molecular flexibility index (Phi) is 3.88. The molecule has 1 aliphatic rings. The second-order valence-electron chi connectivity index (χ2n) is 2.71. The molecule has 1 aliphatic heterocycles. The maximum atomic E-state index is 10.2. The Morgan fingerprint density at radius 3 is 3.23 bits per heavy atom. The molecule has 1 rings (SSSR count). The molecule has 0 bridgehead atoms. The minimum Gasteiger partial charge on any atom is -0.448 e. The molecule has 74 valence electrons. The maximum absolute atomic E-state index is 10.2. The van der Waals surface area contributed by atoms with E-state index in [9.17, 15) is 4.79 Å². The van der Waals surface area contributed by atoms with Gasteiger partial charge in [0.15, 0.2) is 5.17 Å². The lowest BCUT2D eigenvalue weighted by molar-refractivity contribution is 0.160. The van der Waals surface area contributed by atoms with Crippen molar-refractivity contribution in [2.24, 2.45) is 10.7 Å². The molecule has 0 spiro atoms. The summed E-state index contributed by atoms with van der Waals surface area (Å²) in [7, 11) is 0. The average molecular weight is 203 g/mol. The van der Waals surface area contributed by atoms with Crippen LogP contribution in [0, 0.1) is 0 Å². The van der Waals surface area contributed by atoms with Crippen molar-refractivity contribution in [2.45, 2.75) is 13.0 Å². The van der Waals surface area contributed by atoms with Crippen LogP contribution in [-0.2, 0) is 4.74 Å². The first-order valence-corrected chi connectivity index (χ1v) is 5.03. The highest BCUT2D eigenvalue weighted by atomic mass is 32.2. The maximum Gasteiger partial charge on any atom is 0.404 e. The number of primary amides is 1. The van der Waals surface area contributed by atoms with Gasteiger partial charge in [-0.2, -0.15) is 0 Å². The van der Waals surface area contributed by atoms with E-state index >= 15 is 0 Å². The van der Waals surface area contributed by atoms with Crippen LogP contribution in [0.5, 0.6) is 0 Å². The fourth-order valence-corrected chi connectivity index (χ4v) is 1.84. The predicted molar refractivity (Wildman–Crippen MR) is 52.9 cm³/mol. The van der Waals surface area contributed by atoms with E-state index in [0.717, 1.165) is 10.9 Å². The molecule has 1 amide bonds. The van der Waals surface area contributed by atoms with Gasteiger partial charge in [0.2, 0.25) is 0 Å². The fraction of sp³-hybridized carbons (Fsp3) is 0.714. The Bertz CT molecular complexity index is 220. The van der Waals surface area contributed by atoms with Gasteiger partial charge in [0.25, 0.3) is 0 Å². The molecule has 0 saturated carbocycles. The molecular formula is C7H13N3O2S. The van der Waals surface area contributed by atoms with E-state index in [0.29, 0.717) is 12.6 Å². The molecular weight excluding hydrogens is 190 g/mol. The summed E-state index contributed by atoms with van der Waals surface area (Å²) in [6.07, 6.45) is -0.749. The van der Waals surface area contributed by atoms with E-state index in [2.05, 4.69) is 22.0 Å². The lowest BCUT2D eigenvalue weighted by Gasteiger charge is -2.01. The van der Waals surface area contributed by atoms with Crippen molar-refractivity contribution >= 4 is 23.0 Å². The summed E-state index contributed by atoms with van der Waals surface area (Å²) >= 11 is 1.68. The van der Waals surface area contributed by atoms with E-state index in [1.165, 1.54) is 0 Å². The third-order valence-corrected chi connectivity index (χ3v) is 2.62. The highest BCUT2D eigenvalue weighted by Gasteiger charge is 2.14. The molecule has 0 aromatic carbocycles. The average Bonchev–Trinajstić information content (AvgIpc) is 2.45. The van der Waals surface area contributed by atoms with E-state index in [1.807, 2.05) is 0 Å². The minimum absolute atomic E-state index is 0.245. The third-order valence-electron chi connectivity index (χ3n) is 1.43. The van der Waals surface area contributed by atoms with Gasteiger partial charge >= 0.3 is 6.09 Å². The molecule has 1 atom stereocenters. The zero-order valence-electron chi connectivity index (χ0n) is 7.45. The highest BCUT2D eigenvalue weighted by molar-refractivity contribution is 8.14. The number of carbonyl (C=O) groups is 1. The lowest BCUT2D eigenvalue weighted by Crippen LogP contribution is -2.23. The number of nitrogens with zero attached hydrogens (tertiary/aromatic N) is 1. The SMILES string of the molecule is CC1CSC(=NCCOC(N)=O)N1. The van der Waals surface area contributed by atoms with Crippen LogP contribution in [-0.4, -0.2) is 36.2 Å². The van der Waals surface area contributed by atoms with Crippen LogP contribution >= 0.6 is 11.8 Å². The Hall–Kier alpha value is -0.910. The van der Waals surface area contributed by atoms with Gasteiger partial charge in [-0.3, -0.25) is 4.99 Å². The highest BCUT2D eigenvalue weighted by Crippen LogP contribution is 2.12. The van der Waals surface area contributed by atoms with Crippen molar-refractivity contribution in [2.75, 3.05) is 18.9 Å². The van der Waals surface area contributed by atoms with Crippen molar-refractivity contribution in [1.29, 1.82) is 0 Å². The van der Waals surface area contributed by atoms with E-state index < -0.39 is 6.09 Å². The number of nitrogens with one attached hydrogen (secondary N) is 1. The molecule has 1 fully saturated rings. The van der Waals surface area contributed by atoms with E-state index in [4.69, 9.17) is 5.73 Å². The fourth-order valence-electron chi connectivity index (χ4n) is 0.883. The van der Waals surface area contributed by atoms with Gasteiger partial charge in [-0.05, 0) is 6.92 Å². The molecule has 3 N–H and O–H groups in total. The van der Waals surface area contributed by atoms with Gasteiger partial charge in [-0.15, -0.1) is 0 Å².